The second-order valence-corrected chi connectivity index (χ2v) is 7.19. The Balaban J connectivity index is 2.91. The number of unbranched alkanes of at least 4 members (excludes halogenated alkanes) is 1. The number of nitrogens with one attached hydrogen (secondary N) is 1. The number of hydrogen-bond acceptors (Lipinski definition) is 4. The molecular weight excluding hydrogens is 348 g/mol. The lowest BCUT2D eigenvalue weighted by molar-refractivity contribution is -0.143. The molecule has 0 radical (unpaired) electrons. The molecule has 140 valence electrons. The lowest BCUT2D eigenvalue weighted by Crippen LogP contribution is -2.21. The van der Waals surface area contributed by atoms with E-state index in [1.807, 2.05) is 6.92 Å². The van der Waals surface area contributed by atoms with E-state index in [4.69, 9.17) is 4.74 Å². The Labute approximate surface area is 151 Å². The minimum atomic E-state index is -0.852. The van der Waals surface area contributed by atoms with Crippen molar-refractivity contribution < 1.29 is 23.1 Å². The van der Waals surface area contributed by atoms with Crippen LogP contribution < -0.4 is 5.32 Å². The minimum Gasteiger partial charge on any atom is -0.465 e. The van der Waals surface area contributed by atoms with Crippen molar-refractivity contribution in [3.63, 3.8) is 0 Å². The van der Waals surface area contributed by atoms with Crippen LogP contribution in [0.5, 0.6) is 0 Å². The van der Waals surface area contributed by atoms with Gasteiger partial charge < -0.3 is 10.1 Å². The molecule has 0 bridgehead atoms. The van der Waals surface area contributed by atoms with E-state index >= 15 is 0 Å². The molecule has 0 heterocycles. The first-order valence-electron chi connectivity index (χ1n) is 8.43. The van der Waals surface area contributed by atoms with Crippen LogP contribution in [0.25, 0.3) is 0 Å². The van der Waals surface area contributed by atoms with Crippen molar-refractivity contribution in [3.05, 3.63) is 23.8 Å². The fraction of sp³-hybridized carbons (Fsp3) is 0.556. The molecule has 0 aliphatic heterocycles. The molecule has 1 N–H and O–H groups in total. The van der Waals surface area contributed by atoms with Crippen molar-refractivity contribution >= 4 is 29.3 Å². The Morgan fingerprint density at radius 2 is 1.88 bits per heavy atom. The van der Waals surface area contributed by atoms with E-state index in [0.717, 1.165) is 24.6 Å². The lowest BCUT2D eigenvalue weighted by Gasteiger charge is -2.16. The van der Waals surface area contributed by atoms with Crippen molar-refractivity contribution in [1.82, 2.24) is 0 Å². The summed E-state index contributed by atoms with van der Waals surface area (Å²) in [4.78, 5) is 23.9. The van der Waals surface area contributed by atoms with Gasteiger partial charge in [0.1, 0.15) is 16.9 Å². The first kappa shape index (κ1) is 21.4. The van der Waals surface area contributed by atoms with Gasteiger partial charge in [-0.2, -0.15) is 0 Å². The molecule has 0 aromatic heterocycles. The molecule has 1 atom stereocenters. The van der Waals surface area contributed by atoms with Crippen LogP contribution in [0.1, 0.15) is 47.0 Å². The molecule has 0 aliphatic carbocycles. The van der Waals surface area contributed by atoms with Crippen LogP contribution in [0.2, 0.25) is 0 Å². The standard InChI is InChI=1S/C18H25F2NO3S/c1-5-7-8-24-18(23)15(6-2)25-16-10-14(12(19)9-13(16)20)21-17(22)11(3)4/h9-11,15H,5-8H2,1-4H3,(H,21,22). The maximum Gasteiger partial charge on any atom is 0.319 e. The van der Waals surface area contributed by atoms with E-state index < -0.39 is 22.9 Å². The zero-order valence-electron chi connectivity index (χ0n) is 15.0. The molecule has 1 unspecified atom stereocenters. The summed E-state index contributed by atoms with van der Waals surface area (Å²) in [6, 6.07) is 1.94. The van der Waals surface area contributed by atoms with E-state index in [1.54, 1.807) is 20.8 Å². The Bertz CT molecular complexity index is 608. The quantitative estimate of drug-likeness (QED) is 0.385. The topological polar surface area (TPSA) is 55.4 Å². The number of ether oxygens (including phenoxy) is 1. The molecule has 1 aromatic rings. The SMILES string of the molecule is CCCCOC(=O)C(CC)Sc1cc(NC(=O)C(C)C)c(F)cc1F. The number of anilines is 1. The fourth-order valence-corrected chi connectivity index (χ4v) is 2.85. The van der Waals surface area contributed by atoms with E-state index in [2.05, 4.69) is 5.32 Å². The highest BCUT2D eigenvalue weighted by Crippen LogP contribution is 2.32. The third-order valence-electron chi connectivity index (χ3n) is 3.45. The summed E-state index contributed by atoms with van der Waals surface area (Å²) in [5.41, 5.74) is -0.100. The second kappa shape index (κ2) is 10.4. The summed E-state index contributed by atoms with van der Waals surface area (Å²) in [5.74, 6) is -2.75. The zero-order valence-corrected chi connectivity index (χ0v) is 15.8. The Hall–Kier alpha value is -1.63. The van der Waals surface area contributed by atoms with Crippen LogP contribution in [0.15, 0.2) is 17.0 Å². The first-order valence-corrected chi connectivity index (χ1v) is 9.31. The summed E-state index contributed by atoms with van der Waals surface area (Å²) in [7, 11) is 0. The molecule has 0 aliphatic rings. The predicted octanol–water partition coefficient (Wildman–Crippen LogP) is 4.77. The number of rotatable bonds is 9. The number of carbonyl (C=O) groups excluding carboxylic acids is 2. The second-order valence-electron chi connectivity index (χ2n) is 5.94. The fourth-order valence-electron chi connectivity index (χ4n) is 1.85. The minimum absolute atomic E-state index is 0.0970. The van der Waals surface area contributed by atoms with Gasteiger partial charge in [0.05, 0.1) is 12.3 Å². The number of esters is 1. The van der Waals surface area contributed by atoms with Crippen LogP contribution in [0, 0.1) is 17.6 Å². The number of hydrogen-bond donors (Lipinski definition) is 1. The highest BCUT2D eigenvalue weighted by atomic mass is 32.2. The van der Waals surface area contributed by atoms with Crippen LogP contribution in [-0.4, -0.2) is 23.7 Å². The largest absolute Gasteiger partial charge is 0.465 e. The van der Waals surface area contributed by atoms with Gasteiger partial charge in [-0.15, -0.1) is 11.8 Å². The highest BCUT2D eigenvalue weighted by molar-refractivity contribution is 8.00. The van der Waals surface area contributed by atoms with Crippen LogP contribution in [0.4, 0.5) is 14.5 Å². The van der Waals surface area contributed by atoms with Gasteiger partial charge in [0.15, 0.2) is 0 Å². The first-order chi connectivity index (χ1) is 11.8. The van der Waals surface area contributed by atoms with E-state index in [1.165, 1.54) is 6.07 Å². The molecule has 7 heteroatoms. The maximum atomic E-state index is 14.1. The van der Waals surface area contributed by atoms with Crippen molar-refractivity contribution in [2.75, 3.05) is 11.9 Å². The third-order valence-corrected chi connectivity index (χ3v) is 4.83. The van der Waals surface area contributed by atoms with Gasteiger partial charge in [0.25, 0.3) is 0 Å². The average Bonchev–Trinajstić information content (AvgIpc) is 2.56. The molecule has 1 amide bonds. The van der Waals surface area contributed by atoms with Gasteiger partial charge in [0, 0.05) is 16.9 Å². The molecular formula is C18H25F2NO3S. The Kier molecular flexibility index (Phi) is 8.89. The van der Waals surface area contributed by atoms with Crippen molar-refractivity contribution in [2.24, 2.45) is 5.92 Å². The number of amides is 1. The van der Waals surface area contributed by atoms with Gasteiger partial charge >= 0.3 is 5.97 Å². The van der Waals surface area contributed by atoms with Crippen LogP contribution >= 0.6 is 11.8 Å². The van der Waals surface area contributed by atoms with Gasteiger partial charge in [-0.05, 0) is 18.9 Å². The molecule has 1 aromatic carbocycles. The number of thioether (sulfide) groups is 1. The van der Waals surface area contributed by atoms with Crippen molar-refractivity contribution in [2.45, 2.75) is 57.1 Å². The Morgan fingerprint density at radius 3 is 2.44 bits per heavy atom. The monoisotopic (exact) mass is 373 g/mol. The summed E-state index contributed by atoms with van der Waals surface area (Å²) in [6.07, 6.45) is 2.12. The van der Waals surface area contributed by atoms with Gasteiger partial charge in [-0.1, -0.05) is 34.1 Å². The highest BCUT2D eigenvalue weighted by Gasteiger charge is 2.23. The number of halogens is 2. The molecule has 0 spiro atoms. The molecule has 0 saturated heterocycles. The smallest absolute Gasteiger partial charge is 0.319 e. The molecule has 0 fully saturated rings. The molecule has 25 heavy (non-hydrogen) atoms. The van der Waals surface area contributed by atoms with Gasteiger partial charge in [-0.3, -0.25) is 9.59 Å². The number of carbonyl (C=O) groups is 2. The maximum absolute atomic E-state index is 14.1. The summed E-state index contributed by atoms with van der Waals surface area (Å²) >= 11 is 0.972. The van der Waals surface area contributed by atoms with Crippen LogP contribution in [0.3, 0.4) is 0 Å². The number of benzene rings is 1. The summed E-state index contributed by atoms with van der Waals surface area (Å²) in [6.45, 7) is 7.45. The summed E-state index contributed by atoms with van der Waals surface area (Å²) < 4.78 is 33.1. The zero-order chi connectivity index (χ0) is 19.0. The van der Waals surface area contributed by atoms with E-state index in [-0.39, 0.29) is 22.4 Å². The molecule has 4 nitrogen and oxygen atoms in total. The van der Waals surface area contributed by atoms with Crippen molar-refractivity contribution in [1.29, 1.82) is 0 Å². The van der Waals surface area contributed by atoms with Gasteiger partial charge in [0.2, 0.25) is 5.91 Å². The average molecular weight is 373 g/mol. The van der Waals surface area contributed by atoms with E-state index in [9.17, 15) is 18.4 Å². The van der Waals surface area contributed by atoms with Gasteiger partial charge in [-0.25, -0.2) is 8.78 Å². The predicted molar refractivity (Wildman–Crippen MR) is 95.6 cm³/mol. The van der Waals surface area contributed by atoms with Crippen LogP contribution in [-0.2, 0) is 14.3 Å². The molecule has 0 saturated carbocycles. The summed E-state index contributed by atoms with van der Waals surface area (Å²) in [5, 5.41) is 1.84. The molecule has 1 rings (SSSR count). The van der Waals surface area contributed by atoms with Crippen molar-refractivity contribution in [3.8, 4) is 0 Å². The Morgan fingerprint density at radius 1 is 1.20 bits per heavy atom. The normalized spacial score (nSPS) is 12.1. The van der Waals surface area contributed by atoms with E-state index in [0.29, 0.717) is 19.1 Å². The third kappa shape index (κ3) is 6.65. The lowest BCUT2D eigenvalue weighted by atomic mass is 10.2.